The van der Waals surface area contributed by atoms with Crippen molar-refractivity contribution >= 4 is 29.3 Å². The number of rotatable bonds is 7. The zero-order chi connectivity index (χ0) is 19.2. The Morgan fingerprint density at radius 2 is 2.07 bits per heavy atom. The number of thioether (sulfide) groups is 1. The smallest absolute Gasteiger partial charge is 0.316 e. The van der Waals surface area contributed by atoms with Gasteiger partial charge in [0.2, 0.25) is 5.89 Å². The second kappa shape index (κ2) is 8.88. The first kappa shape index (κ1) is 19.2. The number of hydrogen-bond donors (Lipinski definition) is 0. The maximum absolute atomic E-state index is 13.6. The van der Waals surface area contributed by atoms with Gasteiger partial charge >= 0.3 is 5.97 Å². The Morgan fingerprint density at radius 1 is 1.26 bits per heavy atom. The van der Waals surface area contributed by atoms with E-state index in [0.717, 1.165) is 11.8 Å². The lowest BCUT2D eigenvalue weighted by atomic mass is 10.2. The van der Waals surface area contributed by atoms with Crippen LogP contribution in [0.2, 0.25) is 5.02 Å². The molecule has 6 nitrogen and oxygen atoms in total. The van der Waals surface area contributed by atoms with Gasteiger partial charge in [0.15, 0.2) is 11.6 Å². The van der Waals surface area contributed by atoms with Gasteiger partial charge in [-0.05, 0) is 29.8 Å². The lowest BCUT2D eigenvalue weighted by Crippen LogP contribution is -2.07. The number of hydrogen-bond acceptors (Lipinski definition) is 7. The maximum Gasteiger partial charge on any atom is 0.316 e. The Balaban J connectivity index is 1.51. The van der Waals surface area contributed by atoms with E-state index in [1.54, 1.807) is 30.3 Å². The highest BCUT2D eigenvalue weighted by atomic mass is 35.5. The van der Waals surface area contributed by atoms with E-state index in [1.807, 2.05) is 0 Å². The highest BCUT2D eigenvalue weighted by Crippen LogP contribution is 2.28. The summed E-state index contributed by atoms with van der Waals surface area (Å²) >= 11 is 7.12. The van der Waals surface area contributed by atoms with E-state index in [9.17, 15) is 9.18 Å². The summed E-state index contributed by atoms with van der Waals surface area (Å²) in [6, 6.07) is 11.4. The van der Waals surface area contributed by atoms with Crippen LogP contribution in [0.3, 0.4) is 0 Å². The first-order valence-electron chi connectivity index (χ1n) is 7.76. The number of halogens is 2. The highest BCUT2D eigenvalue weighted by Gasteiger charge is 2.14. The summed E-state index contributed by atoms with van der Waals surface area (Å²) < 4.78 is 29.0. The molecular weight excluding hydrogens is 395 g/mol. The van der Waals surface area contributed by atoms with Crippen molar-refractivity contribution in [2.75, 3.05) is 12.9 Å². The van der Waals surface area contributed by atoms with E-state index in [0.29, 0.717) is 16.1 Å². The molecule has 0 bridgehead atoms. The molecule has 0 radical (unpaired) electrons. The predicted molar refractivity (Wildman–Crippen MR) is 98.2 cm³/mol. The third-order valence-corrected chi connectivity index (χ3v) is 4.56. The number of benzene rings is 2. The zero-order valence-corrected chi connectivity index (χ0v) is 15.7. The molecule has 27 heavy (non-hydrogen) atoms. The summed E-state index contributed by atoms with van der Waals surface area (Å²) in [5, 5.41) is 8.50. The average molecular weight is 409 g/mol. The number of esters is 1. The number of ether oxygens (including phenoxy) is 2. The summed E-state index contributed by atoms with van der Waals surface area (Å²) in [6.45, 7) is -0.0466. The van der Waals surface area contributed by atoms with Gasteiger partial charge in [-0.25, -0.2) is 4.39 Å². The molecule has 140 valence electrons. The first-order chi connectivity index (χ1) is 13.1. The Hall–Kier alpha value is -2.58. The Kier molecular flexibility index (Phi) is 6.31. The Bertz CT molecular complexity index is 951. The number of aromatic nitrogens is 2. The normalized spacial score (nSPS) is 10.6. The van der Waals surface area contributed by atoms with Crippen LogP contribution in [0, 0.1) is 5.82 Å². The van der Waals surface area contributed by atoms with Gasteiger partial charge in [0.1, 0.15) is 12.4 Å². The molecule has 0 aliphatic heterocycles. The number of carbonyl (C=O) groups is 1. The van der Waals surface area contributed by atoms with Crippen molar-refractivity contribution in [1.29, 1.82) is 0 Å². The first-order valence-corrected chi connectivity index (χ1v) is 9.12. The lowest BCUT2D eigenvalue weighted by molar-refractivity contribution is -0.141. The van der Waals surface area contributed by atoms with E-state index in [1.165, 1.54) is 19.2 Å². The van der Waals surface area contributed by atoms with Gasteiger partial charge in [0.25, 0.3) is 5.22 Å². The Morgan fingerprint density at radius 3 is 2.81 bits per heavy atom. The SMILES string of the molecule is COc1ccc(COC(=O)CSc2nnc(-c3ccccc3Cl)o2)cc1F. The van der Waals surface area contributed by atoms with E-state index >= 15 is 0 Å². The van der Waals surface area contributed by atoms with Gasteiger partial charge in [-0.2, -0.15) is 0 Å². The molecular formula is C18H14ClFN2O4S. The van der Waals surface area contributed by atoms with Crippen LogP contribution in [0.15, 0.2) is 52.1 Å². The van der Waals surface area contributed by atoms with Crippen molar-refractivity contribution in [2.45, 2.75) is 11.8 Å². The molecule has 0 fully saturated rings. The van der Waals surface area contributed by atoms with Gasteiger partial charge in [0, 0.05) is 0 Å². The molecule has 0 atom stereocenters. The van der Waals surface area contributed by atoms with Crippen LogP contribution in [0.25, 0.3) is 11.5 Å². The zero-order valence-electron chi connectivity index (χ0n) is 14.1. The van der Waals surface area contributed by atoms with Crippen LogP contribution in [-0.2, 0) is 16.1 Å². The van der Waals surface area contributed by atoms with Crippen LogP contribution in [0.1, 0.15) is 5.56 Å². The van der Waals surface area contributed by atoms with Gasteiger partial charge in [-0.3, -0.25) is 4.79 Å². The highest BCUT2D eigenvalue weighted by molar-refractivity contribution is 7.99. The number of methoxy groups -OCH3 is 1. The fourth-order valence-electron chi connectivity index (χ4n) is 2.14. The minimum atomic E-state index is -0.515. The summed E-state index contributed by atoms with van der Waals surface area (Å²) in [5.41, 5.74) is 1.13. The molecule has 0 amide bonds. The molecule has 0 unspecified atom stereocenters. The fraction of sp³-hybridized carbons (Fsp3) is 0.167. The minimum absolute atomic E-state index is 0.0250. The second-order valence-corrected chi connectivity index (χ2v) is 6.61. The minimum Gasteiger partial charge on any atom is -0.494 e. The lowest BCUT2D eigenvalue weighted by Gasteiger charge is -2.06. The molecule has 9 heteroatoms. The quantitative estimate of drug-likeness (QED) is 0.424. The van der Waals surface area contributed by atoms with E-state index < -0.39 is 11.8 Å². The topological polar surface area (TPSA) is 74.5 Å². The molecule has 0 aliphatic carbocycles. The van der Waals surface area contributed by atoms with Crippen molar-refractivity contribution in [3.8, 4) is 17.2 Å². The monoisotopic (exact) mass is 408 g/mol. The standard InChI is InChI=1S/C18H14ClFN2O4S/c1-24-15-7-6-11(8-14(15)20)9-25-16(23)10-27-18-22-21-17(26-18)12-4-2-3-5-13(12)19/h2-8H,9-10H2,1H3. The molecule has 2 aromatic carbocycles. The molecule has 0 spiro atoms. The largest absolute Gasteiger partial charge is 0.494 e. The molecule has 3 aromatic rings. The van der Waals surface area contributed by atoms with Crippen LogP contribution < -0.4 is 4.74 Å². The van der Waals surface area contributed by atoms with Crippen molar-refractivity contribution < 1.29 is 23.1 Å². The van der Waals surface area contributed by atoms with Gasteiger partial charge in [-0.15, -0.1) is 10.2 Å². The van der Waals surface area contributed by atoms with Gasteiger partial charge in [0.05, 0.1) is 17.7 Å². The van der Waals surface area contributed by atoms with Crippen molar-refractivity contribution in [3.63, 3.8) is 0 Å². The average Bonchev–Trinajstić information content (AvgIpc) is 3.14. The van der Waals surface area contributed by atoms with Gasteiger partial charge < -0.3 is 13.9 Å². The summed E-state index contributed by atoms with van der Waals surface area (Å²) in [5.74, 6) is -0.633. The van der Waals surface area contributed by atoms with Crippen molar-refractivity contribution in [2.24, 2.45) is 0 Å². The third kappa shape index (κ3) is 4.99. The summed E-state index contributed by atoms with van der Waals surface area (Å²) in [7, 11) is 1.38. The molecule has 0 saturated carbocycles. The molecule has 0 aliphatic rings. The molecule has 0 saturated heterocycles. The number of nitrogens with zero attached hydrogens (tertiary/aromatic N) is 2. The summed E-state index contributed by atoms with van der Waals surface area (Å²) in [6.07, 6.45) is 0. The Labute approximate surface area is 163 Å². The summed E-state index contributed by atoms with van der Waals surface area (Å²) in [4.78, 5) is 11.9. The van der Waals surface area contributed by atoms with Crippen molar-refractivity contribution in [1.82, 2.24) is 10.2 Å². The predicted octanol–water partition coefficient (Wildman–Crippen LogP) is 4.37. The van der Waals surface area contributed by atoms with E-state index in [-0.39, 0.29) is 29.2 Å². The van der Waals surface area contributed by atoms with Gasteiger partial charge in [-0.1, -0.05) is 41.6 Å². The van der Waals surface area contributed by atoms with Crippen molar-refractivity contribution in [3.05, 3.63) is 58.9 Å². The third-order valence-electron chi connectivity index (χ3n) is 3.44. The van der Waals surface area contributed by atoms with Crippen LogP contribution in [-0.4, -0.2) is 29.0 Å². The molecule has 1 aromatic heterocycles. The van der Waals surface area contributed by atoms with E-state index in [2.05, 4.69) is 10.2 Å². The molecule has 1 heterocycles. The second-order valence-electron chi connectivity index (χ2n) is 5.27. The fourth-order valence-corrected chi connectivity index (χ4v) is 2.92. The maximum atomic E-state index is 13.6. The number of carbonyl (C=O) groups excluding carboxylic acids is 1. The van der Waals surface area contributed by atoms with Crippen LogP contribution in [0.4, 0.5) is 4.39 Å². The van der Waals surface area contributed by atoms with E-state index in [4.69, 9.17) is 25.5 Å². The molecule has 3 rings (SSSR count). The molecule has 0 N–H and O–H groups in total. The van der Waals surface area contributed by atoms with Crippen LogP contribution >= 0.6 is 23.4 Å². The van der Waals surface area contributed by atoms with Crippen LogP contribution in [0.5, 0.6) is 5.75 Å².